The Bertz CT molecular complexity index is 287. The first-order chi connectivity index (χ1) is 10.0. The molecule has 0 aromatic heterocycles. The number of carbonyl (C=O) groups is 2. The lowest BCUT2D eigenvalue weighted by Gasteiger charge is -2.17. The van der Waals surface area contributed by atoms with Crippen LogP contribution in [0.3, 0.4) is 0 Å². The van der Waals surface area contributed by atoms with Crippen molar-refractivity contribution < 1.29 is 19.1 Å². The quantitative estimate of drug-likeness (QED) is 0.402. The van der Waals surface area contributed by atoms with Crippen molar-refractivity contribution in [2.24, 2.45) is 11.8 Å². The zero-order valence-electron chi connectivity index (χ0n) is 14.2. The van der Waals surface area contributed by atoms with Gasteiger partial charge in [0, 0.05) is 6.42 Å². The van der Waals surface area contributed by atoms with Gasteiger partial charge >= 0.3 is 11.9 Å². The van der Waals surface area contributed by atoms with Crippen molar-refractivity contribution in [3.8, 4) is 0 Å². The van der Waals surface area contributed by atoms with E-state index in [9.17, 15) is 9.59 Å². The van der Waals surface area contributed by atoms with Gasteiger partial charge in [-0.2, -0.15) is 0 Å². The van der Waals surface area contributed by atoms with Crippen LogP contribution in [0.2, 0.25) is 0 Å². The minimum atomic E-state index is -0.210. The highest BCUT2D eigenvalue weighted by molar-refractivity contribution is 5.74. The van der Waals surface area contributed by atoms with Crippen molar-refractivity contribution in [3.05, 3.63) is 0 Å². The van der Waals surface area contributed by atoms with Crippen molar-refractivity contribution in [3.63, 3.8) is 0 Å². The van der Waals surface area contributed by atoms with E-state index in [1.165, 1.54) is 0 Å². The number of hydrogen-bond donors (Lipinski definition) is 0. The van der Waals surface area contributed by atoms with Gasteiger partial charge in [0.05, 0.1) is 19.1 Å². The summed E-state index contributed by atoms with van der Waals surface area (Å²) >= 11 is 0. The molecule has 0 saturated heterocycles. The van der Waals surface area contributed by atoms with Crippen molar-refractivity contribution >= 4 is 11.9 Å². The lowest BCUT2D eigenvalue weighted by molar-refractivity contribution is -0.150. The molecule has 0 rings (SSSR count). The van der Waals surface area contributed by atoms with Gasteiger partial charge in [0.15, 0.2) is 0 Å². The smallest absolute Gasteiger partial charge is 0.308 e. The molecule has 0 aromatic carbocycles. The Hall–Kier alpha value is -1.06. The summed E-state index contributed by atoms with van der Waals surface area (Å²) in [4.78, 5) is 23.7. The molecule has 0 amide bonds. The number of ether oxygens (including phenoxy) is 2. The predicted molar refractivity (Wildman–Crippen MR) is 83.9 cm³/mol. The SMILES string of the molecule is CCCCOC(=O)CCC(CC(C)C)C(=O)OCCCC. The zero-order chi connectivity index (χ0) is 16.1. The molecule has 0 aliphatic heterocycles. The summed E-state index contributed by atoms with van der Waals surface area (Å²) in [5.41, 5.74) is 0. The second kappa shape index (κ2) is 12.7. The average molecular weight is 300 g/mol. The van der Waals surface area contributed by atoms with Crippen molar-refractivity contribution in [1.29, 1.82) is 0 Å². The molecule has 0 spiro atoms. The Balaban J connectivity index is 4.16. The summed E-state index contributed by atoms with van der Waals surface area (Å²) in [5.74, 6) is -0.164. The van der Waals surface area contributed by atoms with Gasteiger partial charge < -0.3 is 9.47 Å². The zero-order valence-corrected chi connectivity index (χ0v) is 14.2. The van der Waals surface area contributed by atoms with Crippen LogP contribution in [-0.4, -0.2) is 25.2 Å². The average Bonchev–Trinajstić information content (AvgIpc) is 2.43. The van der Waals surface area contributed by atoms with E-state index in [0.29, 0.717) is 32.0 Å². The van der Waals surface area contributed by atoms with Gasteiger partial charge in [0.25, 0.3) is 0 Å². The molecule has 1 atom stereocenters. The van der Waals surface area contributed by atoms with Crippen LogP contribution in [0.15, 0.2) is 0 Å². The molecule has 1 unspecified atom stereocenters. The van der Waals surface area contributed by atoms with Crippen LogP contribution in [0.25, 0.3) is 0 Å². The Kier molecular flexibility index (Phi) is 12.0. The summed E-state index contributed by atoms with van der Waals surface area (Å²) in [5, 5.41) is 0. The first-order valence-corrected chi connectivity index (χ1v) is 8.33. The van der Waals surface area contributed by atoms with Gasteiger partial charge in [0.2, 0.25) is 0 Å². The second-order valence-corrected chi connectivity index (χ2v) is 5.96. The number of hydrogen-bond acceptors (Lipinski definition) is 4. The predicted octanol–water partition coefficient (Wildman–Crippen LogP) is 4.12. The topological polar surface area (TPSA) is 52.6 Å². The van der Waals surface area contributed by atoms with Gasteiger partial charge in [-0.05, 0) is 31.6 Å². The third-order valence-corrected chi connectivity index (χ3v) is 3.29. The minimum Gasteiger partial charge on any atom is -0.466 e. The number of rotatable bonds is 12. The second-order valence-electron chi connectivity index (χ2n) is 5.96. The van der Waals surface area contributed by atoms with Crippen LogP contribution in [0.4, 0.5) is 0 Å². The molecule has 0 radical (unpaired) electrons. The van der Waals surface area contributed by atoms with Gasteiger partial charge in [-0.15, -0.1) is 0 Å². The van der Waals surface area contributed by atoms with Gasteiger partial charge in [-0.25, -0.2) is 0 Å². The van der Waals surface area contributed by atoms with E-state index in [1.807, 2.05) is 0 Å². The molecule has 4 nitrogen and oxygen atoms in total. The molecule has 0 aliphatic carbocycles. The van der Waals surface area contributed by atoms with Crippen LogP contribution < -0.4 is 0 Å². The van der Waals surface area contributed by atoms with E-state index in [1.54, 1.807) is 0 Å². The first kappa shape index (κ1) is 19.9. The highest BCUT2D eigenvalue weighted by Crippen LogP contribution is 2.19. The van der Waals surface area contributed by atoms with Crippen molar-refractivity contribution in [2.45, 2.75) is 72.6 Å². The minimum absolute atomic E-state index is 0.168. The molecular weight excluding hydrogens is 268 g/mol. The fourth-order valence-electron chi connectivity index (χ4n) is 2.03. The Morgan fingerprint density at radius 1 is 0.952 bits per heavy atom. The van der Waals surface area contributed by atoms with Crippen LogP contribution >= 0.6 is 0 Å². The van der Waals surface area contributed by atoms with E-state index >= 15 is 0 Å². The monoisotopic (exact) mass is 300 g/mol. The molecule has 4 heteroatoms. The van der Waals surface area contributed by atoms with Crippen LogP contribution in [-0.2, 0) is 19.1 Å². The van der Waals surface area contributed by atoms with Crippen LogP contribution in [0.1, 0.15) is 72.6 Å². The summed E-state index contributed by atoms with van der Waals surface area (Å²) in [6, 6.07) is 0. The number of unbranched alkanes of at least 4 members (excludes halogenated alkanes) is 2. The standard InChI is InChI=1S/C17H32O4/c1-5-7-11-20-16(18)10-9-15(13-14(3)4)17(19)21-12-8-6-2/h14-15H,5-13H2,1-4H3. The fraction of sp³-hybridized carbons (Fsp3) is 0.882. The van der Waals surface area contributed by atoms with Gasteiger partial charge in [0.1, 0.15) is 0 Å². The lowest BCUT2D eigenvalue weighted by Crippen LogP contribution is -2.21. The molecule has 0 heterocycles. The molecule has 0 N–H and O–H groups in total. The van der Waals surface area contributed by atoms with Gasteiger partial charge in [-0.3, -0.25) is 9.59 Å². The van der Waals surface area contributed by atoms with E-state index < -0.39 is 0 Å². The molecule has 0 aromatic rings. The third-order valence-electron chi connectivity index (χ3n) is 3.29. The Morgan fingerprint density at radius 2 is 1.52 bits per heavy atom. The number of esters is 2. The Morgan fingerprint density at radius 3 is 2.05 bits per heavy atom. The van der Waals surface area contributed by atoms with Crippen LogP contribution in [0, 0.1) is 11.8 Å². The normalized spacial score (nSPS) is 12.2. The Labute approximate surface area is 129 Å². The molecule has 0 bridgehead atoms. The third kappa shape index (κ3) is 11.3. The number of carbonyl (C=O) groups excluding carboxylic acids is 2. The highest BCUT2D eigenvalue weighted by atomic mass is 16.5. The molecule has 124 valence electrons. The van der Waals surface area contributed by atoms with E-state index in [4.69, 9.17) is 9.47 Å². The van der Waals surface area contributed by atoms with E-state index in [2.05, 4.69) is 27.7 Å². The first-order valence-electron chi connectivity index (χ1n) is 8.33. The maximum atomic E-state index is 12.1. The largest absolute Gasteiger partial charge is 0.466 e. The van der Waals surface area contributed by atoms with Crippen molar-refractivity contribution in [1.82, 2.24) is 0 Å². The summed E-state index contributed by atoms with van der Waals surface area (Å²) < 4.78 is 10.4. The van der Waals surface area contributed by atoms with E-state index in [0.717, 1.165) is 32.1 Å². The molecular formula is C17H32O4. The summed E-state index contributed by atoms with van der Waals surface area (Å²) in [6.45, 7) is 9.22. The van der Waals surface area contributed by atoms with Crippen molar-refractivity contribution in [2.75, 3.05) is 13.2 Å². The summed E-state index contributed by atoms with van der Waals surface area (Å²) in [6.07, 6.45) is 5.36. The molecule has 0 saturated carbocycles. The van der Waals surface area contributed by atoms with Crippen LogP contribution in [0.5, 0.6) is 0 Å². The molecule has 0 aliphatic rings. The maximum absolute atomic E-state index is 12.1. The van der Waals surface area contributed by atoms with Gasteiger partial charge in [-0.1, -0.05) is 40.5 Å². The van der Waals surface area contributed by atoms with E-state index in [-0.39, 0.29) is 17.9 Å². The molecule has 21 heavy (non-hydrogen) atoms. The highest BCUT2D eigenvalue weighted by Gasteiger charge is 2.22. The molecule has 0 fully saturated rings. The summed E-state index contributed by atoms with van der Waals surface area (Å²) in [7, 11) is 0. The lowest BCUT2D eigenvalue weighted by atomic mass is 9.93. The fourth-order valence-corrected chi connectivity index (χ4v) is 2.03. The maximum Gasteiger partial charge on any atom is 0.308 e.